The fourth-order valence-electron chi connectivity index (χ4n) is 3.66. The highest BCUT2D eigenvalue weighted by atomic mass is 16.5. The van der Waals surface area contributed by atoms with E-state index in [1.807, 2.05) is 24.3 Å². The van der Waals surface area contributed by atoms with E-state index in [0.717, 1.165) is 0 Å². The van der Waals surface area contributed by atoms with Crippen LogP contribution in [0.1, 0.15) is 11.3 Å². The molecule has 1 aromatic heterocycles. The number of imide groups is 1. The number of carbonyl (C=O) groups excluding carboxylic acids is 2. The average molecular weight is 445 g/mol. The minimum absolute atomic E-state index is 0.0648. The second-order valence-electron chi connectivity index (χ2n) is 7.17. The van der Waals surface area contributed by atoms with Gasteiger partial charge in [0, 0.05) is 24.0 Å². The highest BCUT2D eigenvalue weighted by molar-refractivity contribution is 6.36. The fourth-order valence-corrected chi connectivity index (χ4v) is 3.66. The third-order valence-electron chi connectivity index (χ3n) is 5.21. The van der Waals surface area contributed by atoms with Crippen LogP contribution in [-0.2, 0) is 16.1 Å². The summed E-state index contributed by atoms with van der Waals surface area (Å²) in [5.41, 5.74) is 2.20. The van der Waals surface area contributed by atoms with Crippen molar-refractivity contribution in [3.63, 3.8) is 0 Å². The number of nitrogens with one attached hydrogen (secondary N) is 1. The SMILES string of the molecule is COc1cc(NC2=C(c3ccccc3)C(=O)N(Cc3ccccn3)C2=O)cc(OC)c1OC. The molecule has 1 aliphatic heterocycles. The molecule has 8 nitrogen and oxygen atoms in total. The number of carbonyl (C=O) groups is 2. The predicted octanol–water partition coefficient (Wildman–Crippen LogP) is 3.50. The van der Waals surface area contributed by atoms with Crippen molar-refractivity contribution in [1.82, 2.24) is 9.88 Å². The van der Waals surface area contributed by atoms with Crippen LogP contribution in [0.4, 0.5) is 5.69 Å². The summed E-state index contributed by atoms with van der Waals surface area (Å²) >= 11 is 0. The van der Waals surface area contributed by atoms with Crippen LogP contribution in [0, 0.1) is 0 Å². The molecule has 2 amide bonds. The van der Waals surface area contributed by atoms with Gasteiger partial charge in [-0.1, -0.05) is 36.4 Å². The predicted molar refractivity (Wildman–Crippen MR) is 123 cm³/mol. The smallest absolute Gasteiger partial charge is 0.278 e. The number of amides is 2. The zero-order valence-electron chi connectivity index (χ0n) is 18.5. The van der Waals surface area contributed by atoms with Crippen molar-refractivity contribution in [1.29, 1.82) is 0 Å². The molecule has 4 rings (SSSR count). The van der Waals surface area contributed by atoms with E-state index in [4.69, 9.17) is 14.2 Å². The second kappa shape index (κ2) is 9.44. The lowest BCUT2D eigenvalue weighted by Crippen LogP contribution is -2.32. The van der Waals surface area contributed by atoms with E-state index in [1.165, 1.54) is 26.2 Å². The van der Waals surface area contributed by atoms with Gasteiger partial charge < -0.3 is 19.5 Å². The Hall–Kier alpha value is -4.33. The van der Waals surface area contributed by atoms with Crippen LogP contribution >= 0.6 is 0 Å². The fraction of sp³-hybridized carbons (Fsp3) is 0.160. The Morgan fingerprint density at radius 2 is 1.52 bits per heavy atom. The van der Waals surface area contributed by atoms with E-state index in [0.29, 0.717) is 34.2 Å². The topological polar surface area (TPSA) is 90.0 Å². The minimum Gasteiger partial charge on any atom is -0.493 e. The molecule has 1 aliphatic rings. The highest BCUT2D eigenvalue weighted by Crippen LogP contribution is 2.41. The molecule has 33 heavy (non-hydrogen) atoms. The number of pyridine rings is 1. The van der Waals surface area contributed by atoms with Crippen LogP contribution in [-0.4, -0.2) is 43.0 Å². The second-order valence-corrected chi connectivity index (χ2v) is 7.17. The van der Waals surface area contributed by atoms with Gasteiger partial charge in [-0.2, -0.15) is 0 Å². The van der Waals surface area contributed by atoms with Crippen molar-refractivity contribution in [2.75, 3.05) is 26.6 Å². The van der Waals surface area contributed by atoms with E-state index >= 15 is 0 Å². The summed E-state index contributed by atoms with van der Waals surface area (Å²) < 4.78 is 16.2. The molecule has 1 N–H and O–H groups in total. The third-order valence-corrected chi connectivity index (χ3v) is 5.21. The number of benzene rings is 2. The summed E-state index contributed by atoms with van der Waals surface area (Å²) in [6.07, 6.45) is 1.63. The molecule has 0 bridgehead atoms. The first-order chi connectivity index (χ1) is 16.1. The Kier molecular flexibility index (Phi) is 6.26. The molecule has 0 unspecified atom stereocenters. The van der Waals surface area contributed by atoms with Crippen LogP contribution in [0.15, 0.2) is 72.6 Å². The standard InChI is InChI=1S/C25H23N3O5/c1-31-19-13-18(14-20(32-2)23(19)33-3)27-22-21(16-9-5-4-6-10-16)24(29)28(25(22)30)15-17-11-7-8-12-26-17/h4-14,27H,15H2,1-3H3. The van der Waals surface area contributed by atoms with Crippen molar-refractivity contribution in [3.8, 4) is 17.2 Å². The number of anilines is 1. The van der Waals surface area contributed by atoms with E-state index < -0.39 is 11.8 Å². The van der Waals surface area contributed by atoms with E-state index in [1.54, 1.807) is 42.6 Å². The Bertz CT molecular complexity index is 1180. The van der Waals surface area contributed by atoms with Crippen LogP contribution in [0.25, 0.3) is 5.57 Å². The number of ether oxygens (including phenoxy) is 3. The largest absolute Gasteiger partial charge is 0.493 e. The van der Waals surface area contributed by atoms with Crippen LogP contribution in [0.5, 0.6) is 17.2 Å². The van der Waals surface area contributed by atoms with E-state index in [-0.39, 0.29) is 17.8 Å². The first-order valence-electron chi connectivity index (χ1n) is 10.2. The van der Waals surface area contributed by atoms with Gasteiger partial charge in [-0.25, -0.2) is 0 Å². The number of hydrogen-bond donors (Lipinski definition) is 1. The van der Waals surface area contributed by atoms with Gasteiger partial charge in [0.05, 0.1) is 39.1 Å². The molecule has 168 valence electrons. The number of aromatic nitrogens is 1. The maximum atomic E-state index is 13.4. The quantitative estimate of drug-likeness (QED) is 0.531. The Morgan fingerprint density at radius 1 is 0.848 bits per heavy atom. The molecule has 0 fully saturated rings. The zero-order valence-corrected chi connectivity index (χ0v) is 18.5. The van der Waals surface area contributed by atoms with E-state index in [2.05, 4.69) is 10.3 Å². The molecule has 2 heterocycles. The average Bonchev–Trinajstić information content (AvgIpc) is 3.08. The number of rotatable bonds is 8. The zero-order chi connectivity index (χ0) is 23.4. The molecule has 0 aliphatic carbocycles. The van der Waals surface area contributed by atoms with Crippen molar-refractivity contribution < 1.29 is 23.8 Å². The van der Waals surface area contributed by atoms with Gasteiger partial charge in [-0.05, 0) is 17.7 Å². The van der Waals surface area contributed by atoms with Gasteiger partial charge in [0.15, 0.2) is 11.5 Å². The number of methoxy groups -OCH3 is 3. The van der Waals surface area contributed by atoms with Crippen LogP contribution in [0.2, 0.25) is 0 Å². The molecule has 0 saturated heterocycles. The Morgan fingerprint density at radius 3 is 2.09 bits per heavy atom. The summed E-state index contributed by atoms with van der Waals surface area (Å²) in [7, 11) is 4.53. The number of hydrogen-bond acceptors (Lipinski definition) is 7. The molecule has 0 radical (unpaired) electrons. The maximum Gasteiger partial charge on any atom is 0.278 e. The van der Waals surface area contributed by atoms with Crippen molar-refractivity contribution >= 4 is 23.1 Å². The molecule has 0 atom stereocenters. The summed E-state index contributed by atoms with van der Waals surface area (Å²) in [5.74, 6) is 0.421. The van der Waals surface area contributed by atoms with Gasteiger partial charge >= 0.3 is 0 Å². The van der Waals surface area contributed by atoms with Gasteiger partial charge in [-0.15, -0.1) is 0 Å². The third kappa shape index (κ3) is 4.23. The van der Waals surface area contributed by atoms with Crippen molar-refractivity contribution in [3.05, 3.63) is 83.8 Å². The molecule has 3 aromatic rings. The molecule has 0 saturated carbocycles. The van der Waals surface area contributed by atoms with Crippen molar-refractivity contribution in [2.45, 2.75) is 6.54 Å². The summed E-state index contributed by atoms with van der Waals surface area (Å²) in [6.45, 7) is 0.0648. The molecule has 2 aromatic carbocycles. The summed E-state index contributed by atoms with van der Waals surface area (Å²) in [5, 5.41) is 3.12. The Balaban J connectivity index is 1.77. The lowest BCUT2D eigenvalue weighted by atomic mass is 10.0. The van der Waals surface area contributed by atoms with Crippen LogP contribution in [0.3, 0.4) is 0 Å². The molecule has 0 spiro atoms. The summed E-state index contributed by atoms with van der Waals surface area (Å²) in [4.78, 5) is 32.2. The molecular formula is C25H23N3O5. The van der Waals surface area contributed by atoms with Gasteiger partial charge in [0.25, 0.3) is 11.8 Å². The lowest BCUT2D eigenvalue weighted by molar-refractivity contribution is -0.137. The highest BCUT2D eigenvalue weighted by Gasteiger charge is 2.39. The lowest BCUT2D eigenvalue weighted by Gasteiger charge is -2.16. The van der Waals surface area contributed by atoms with Crippen molar-refractivity contribution in [2.24, 2.45) is 0 Å². The first-order valence-corrected chi connectivity index (χ1v) is 10.2. The maximum absolute atomic E-state index is 13.4. The first kappa shape index (κ1) is 21.9. The monoisotopic (exact) mass is 445 g/mol. The van der Waals surface area contributed by atoms with Gasteiger partial charge in [-0.3, -0.25) is 19.5 Å². The number of nitrogens with zero attached hydrogens (tertiary/aromatic N) is 2. The molecular weight excluding hydrogens is 422 g/mol. The van der Waals surface area contributed by atoms with E-state index in [9.17, 15) is 9.59 Å². The normalized spacial score (nSPS) is 13.4. The van der Waals surface area contributed by atoms with Gasteiger partial charge in [0.2, 0.25) is 5.75 Å². The molecule has 8 heteroatoms. The minimum atomic E-state index is -0.446. The summed E-state index contributed by atoms with van der Waals surface area (Å²) in [6, 6.07) is 17.8. The Labute approximate surface area is 191 Å². The van der Waals surface area contributed by atoms with Crippen LogP contribution < -0.4 is 19.5 Å². The van der Waals surface area contributed by atoms with Gasteiger partial charge in [0.1, 0.15) is 5.70 Å².